The molecule has 1 aromatic heterocycles. The lowest BCUT2D eigenvalue weighted by Crippen LogP contribution is -1.95. The molecule has 0 saturated carbocycles. The Balaban J connectivity index is 1.57. The molecule has 0 fully saturated rings. The van der Waals surface area contributed by atoms with Gasteiger partial charge in [0.15, 0.2) is 0 Å². The maximum absolute atomic E-state index is 3.60. The van der Waals surface area contributed by atoms with E-state index in [9.17, 15) is 0 Å². The molecule has 0 aliphatic heterocycles. The van der Waals surface area contributed by atoms with Crippen molar-refractivity contribution in [2.24, 2.45) is 0 Å². The summed E-state index contributed by atoms with van der Waals surface area (Å²) in [5.41, 5.74) is 6.42. The van der Waals surface area contributed by atoms with Crippen LogP contribution in [0.1, 0.15) is 18.4 Å². The Bertz CT molecular complexity index is 1480. The smallest absolute Gasteiger partial charge is 0.0547 e. The third-order valence-corrected chi connectivity index (χ3v) is 6.80. The summed E-state index contributed by atoms with van der Waals surface area (Å²) in [6.45, 7) is 0. The Morgan fingerprint density at radius 2 is 1.37 bits per heavy atom. The van der Waals surface area contributed by atoms with E-state index in [2.05, 4.69) is 118 Å². The average Bonchev–Trinajstić information content (AvgIpc) is 3.11. The van der Waals surface area contributed by atoms with Gasteiger partial charge in [0.2, 0.25) is 0 Å². The Morgan fingerprint density at radius 3 is 2.13 bits per heavy atom. The summed E-state index contributed by atoms with van der Waals surface area (Å²) in [7, 11) is 0. The van der Waals surface area contributed by atoms with Crippen molar-refractivity contribution in [1.29, 1.82) is 0 Å². The van der Waals surface area contributed by atoms with E-state index in [0.717, 1.165) is 12.8 Å². The molecule has 0 amide bonds. The molecule has 1 aliphatic carbocycles. The number of fused-ring (bicyclic) bond motifs is 4. The van der Waals surface area contributed by atoms with Crippen LogP contribution in [0.5, 0.6) is 0 Å². The molecule has 4 aromatic carbocycles. The van der Waals surface area contributed by atoms with Crippen molar-refractivity contribution >= 4 is 54.1 Å². The number of hydrogen-bond donors (Lipinski definition) is 0. The van der Waals surface area contributed by atoms with Crippen LogP contribution in [0, 0.1) is 0 Å². The van der Waals surface area contributed by atoms with Crippen LogP contribution in [0.3, 0.4) is 0 Å². The molecule has 1 nitrogen and oxygen atoms in total. The number of rotatable bonds is 2. The first-order chi connectivity index (χ1) is 14.8. The average molecular weight is 450 g/mol. The summed E-state index contributed by atoms with van der Waals surface area (Å²) in [5, 5.41) is 5.16. The zero-order valence-corrected chi connectivity index (χ0v) is 18.1. The second kappa shape index (κ2) is 7.00. The fourth-order valence-electron chi connectivity index (χ4n) is 4.61. The molecular formula is C28H20BrN. The molecule has 1 aliphatic rings. The number of aromatic nitrogens is 1. The Morgan fingerprint density at radius 1 is 0.633 bits per heavy atom. The molecule has 6 rings (SSSR count). The number of allylic oxidation sites excluding steroid dienone is 4. The summed E-state index contributed by atoms with van der Waals surface area (Å²) < 4.78 is 3.67. The minimum absolute atomic E-state index is 1.08. The van der Waals surface area contributed by atoms with E-state index < -0.39 is 0 Å². The zero-order valence-electron chi connectivity index (χ0n) is 16.5. The van der Waals surface area contributed by atoms with Crippen LogP contribution in [0.15, 0.2) is 102 Å². The summed E-state index contributed by atoms with van der Waals surface area (Å²) in [4.78, 5) is 0. The van der Waals surface area contributed by atoms with Crippen molar-refractivity contribution in [2.75, 3.05) is 0 Å². The normalized spacial score (nSPS) is 14.3. The topological polar surface area (TPSA) is 4.93 Å². The molecule has 0 saturated heterocycles. The van der Waals surface area contributed by atoms with Crippen molar-refractivity contribution in [3.05, 3.63) is 107 Å². The SMILES string of the molecule is BrC1=CC=C(c2ccc(-n3c4ccccc4c4cc5ccccc5cc43)cc2)CC1. The van der Waals surface area contributed by atoms with E-state index in [4.69, 9.17) is 0 Å². The maximum Gasteiger partial charge on any atom is 0.0547 e. The van der Waals surface area contributed by atoms with Gasteiger partial charge in [0.25, 0.3) is 0 Å². The fraction of sp³-hybridized carbons (Fsp3) is 0.0714. The predicted molar refractivity (Wildman–Crippen MR) is 133 cm³/mol. The first kappa shape index (κ1) is 17.7. The molecule has 1 heterocycles. The molecular weight excluding hydrogens is 430 g/mol. The molecule has 0 spiro atoms. The number of hydrogen-bond acceptors (Lipinski definition) is 0. The maximum atomic E-state index is 3.60. The lowest BCUT2D eigenvalue weighted by molar-refractivity contribution is 1.04. The second-order valence-corrected chi connectivity index (χ2v) is 8.94. The molecule has 0 N–H and O–H groups in total. The predicted octanol–water partition coefficient (Wildman–Crippen LogP) is 8.39. The third-order valence-electron chi connectivity index (χ3n) is 6.13. The molecule has 0 radical (unpaired) electrons. The van der Waals surface area contributed by atoms with E-state index in [-0.39, 0.29) is 0 Å². The van der Waals surface area contributed by atoms with Crippen LogP contribution < -0.4 is 0 Å². The highest BCUT2D eigenvalue weighted by atomic mass is 79.9. The van der Waals surface area contributed by atoms with E-state index in [0.29, 0.717) is 0 Å². The highest BCUT2D eigenvalue weighted by Gasteiger charge is 2.13. The van der Waals surface area contributed by atoms with Gasteiger partial charge >= 0.3 is 0 Å². The van der Waals surface area contributed by atoms with Gasteiger partial charge in [0.05, 0.1) is 11.0 Å². The minimum atomic E-state index is 1.08. The van der Waals surface area contributed by atoms with Gasteiger partial charge in [-0.15, -0.1) is 0 Å². The first-order valence-corrected chi connectivity index (χ1v) is 11.2. The fourth-order valence-corrected chi connectivity index (χ4v) is 4.94. The van der Waals surface area contributed by atoms with Gasteiger partial charge in [-0.1, -0.05) is 82.7 Å². The number of para-hydroxylation sites is 1. The van der Waals surface area contributed by atoms with Crippen LogP contribution >= 0.6 is 15.9 Å². The van der Waals surface area contributed by atoms with Crippen LogP contribution in [0.4, 0.5) is 0 Å². The summed E-state index contributed by atoms with van der Waals surface area (Å²) >= 11 is 3.60. The highest BCUT2D eigenvalue weighted by Crippen LogP contribution is 2.35. The van der Waals surface area contributed by atoms with Crippen LogP contribution in [-0.2, 0) is 0 Å². The Kier molecular flexibility index (Phi) is 4.14. The lowest BCUT2D eigenvalue weighted by Gasteiger charge is -2.13. The summed E-state index contributed by atoms with van der Waals surface area (Å²) in [5.74, 6) is 0. The van der Waals surface area contributed by atoms with Crippen molar-refractivity contribution in [2.45, 2.75) is 12.8 Å². The van der Waals surface area contributed by atoms with Gasteiger partial charge in [-0.2, -0.15) is 0 Å². The molecule has 0 bridgehead atoms. The van der Waals surface area contributed by atoms with Crippen LogP contribution in [0.25, 0.3) is 43.8 Å². The minimum Gasteiger partial charge on any atom is -0.309 e. The van der Waals surface area contributed by atoms with Gasteiger partial charge in [0.1, 0.15) is 0 Å². The lowest BCUT2D eigenvalue weighted by atomic mass is 9.97. The van der Waals surface area contributed by atoms with Crippen LogP contribution in [-0.4, -0.2) is 4.57 Å². The molecule has 0 atom stereocenters. The molecule has 30 heavy (non-hydrogen) atoms. The van der Waals surface area contributed by atoms with Crippen molar-refractivity contribution in [3.63, 3.8) is 0 Å². The van der Waals surface area contributed by atoms with E-state index in [1.54, 1.807) is 0 Å². The van der Waals surface area contributed by atoms with E-state index in [1.165, 1.54) is 53.9 Å². The van der Waals surface area contributed by atoms with Crippen molar-refractivity contribution < 1.29 is 0 Å². The van der Waals surface area contributed by atoms with Gasteiger partial charge in [0, 0.05) is 16.5 Å². The summed E-state index contributed by atoms with van der Waals surface area (Å²) in [6, 6.07) is 31.0. The zero-order chi connectivity index (χ0) is 20.1. The van der Waals surface area contributed by atoms with Gasteiger partial charge in [-0.25, -0.2) is 0 Å². The van der Waals surface area contributed by atoms with Crippen molar-refractivity contribution in [1.82, 2.24) is 4.57 Å². The largest absolute Gasteiger partial charge is 0.309 e. The number of benzene rings is 4. The molecule has 144 valence electrons. The second-order valence-electron chi connectivity index (χ2n) is 7.92. The number of halogens is 1. The quantitative estimate of drug-likeness (QED) is 0.255. The molecule has 5 aromatic rings. The Hall–Kier alpha value is -3.10. The highest BCUT2D eigenvalue weighted by molar-refractivity contribution is 9.11. The van der Waals surface area contributed by atoms with E-state index in [1.807, 2.05) is 0 Å². The van der Waals surface area contributed by atoms with Gasteiger partial charge in [-0.05, 0) is 69.6 Å². The van der Waals surface area contributed by atoms with Crippen LogP contribution in [0.2, 0.25) is 0 Å². The standard InChI is InChI=1S/C28H20BrN/c29-23-13-9-19(10-14-23)20-11-15-24(16-12-20)30-27-8-4-3-7-25(27)26-17-21-5-1-2-6-22(21)18-28(26)30/h1-9,11-13,15-18H,10,14H2. The number of nitrogens with zero attached hydrogens (tertiary/aromatic N) is 1. The monoisotopic (exact) mass is 449 g/mol. The first-order valence-electron chi connectivity index (χ1n) is 10.4. The van der Waals surface area contributed by atoms with Gasteiger partial charge < -0.3 is 4.57 Å². The van der Waals surface area contributed by atoms with Crippen molar-refractivity contribution in [3.8, 4) is 5.69 Å². The molecule has 2 heteroatoms. The van der Waals surface area contributed by atoms with Gasteiger partial charge in [-0.3, -0.25) is 0 Å². The summed E-state index contributed by atoms with van der Waals surface area (Å²) in [6.07, 6.45) is 6.56. The third kappa shape index (κ3) is 2.83. The Labute approximate surface area is 184 Å². The van der Waals surface area contributed by atoms with E-state index >= 15 is 0 Å². The molecule has 0 unspecified atom stereocenters.